The van der Waals surface area contributed by atoms with Crippen LogP contribution in [-0.2, 0) is 9.53 Å². The minimum atomic E-state index is -0.659. The van der Waals surface area contributed by atoms with Gasteiger partial charge in [-0.25, -0.2) is 14.5 Å². The summed E-state index contributed by atoms with van der Waals surface area (Å²) >= 11 is 0. The molecule has 0 aliphatic heterocycles. The Kier molecular flexibility index (Phi) is 7.10. The van der Waals surface area contributed by atoms with Crippen molar-refractivity contribution >= 4 is 34.5 Å². The Morgan fingerprint density at radius 2 is 1.81 bits per heavy atom. The second-order valence-corrected chi connectivity index (χ2v) is 8.63. The van der Waals surface area contributed by atoms with Crippen molar-refractivity contribution in [2.45, 2.75) is 26.8 Å². The SMILES string of the molecule is CNC(=O)c1cccc(NC(=O)COC(=O)c2cc(-c3ccc(C)cc3)nc3c2cnn3C(C)C)c1. The first-order valence-electron chi connectivity index (χ1n) is 11.5. The molecule has 0 fully saturated rings. The zero-order chi connectivity index (χ0) is 25.8. The van der Waals surface area contributed by atoms with Gasteiger partial charge in [0, 0.05) is 29.9 Å². The molecule has 2 aromatic heterocycles. The molecule has 184 valence electrons. The van der Waals surface area contributed by atoms with Crippen molar-refractivity contribution in [3.8, 4) is 11.3 Å². The number of anilines is 1. The van der Waals surface area contributed by atoms with Crippen LogP contribution in [0.15, 0.2) is 60.8 Å². The lowest BCUT2D eigenvalue weighted by molar-refractivity contribution is -0.119. The van der Waals surface area contributed by atoms with Gasteiger partial charge in [-0.05, 0) is 45.0 Å². The Hall–Kier alpha value is -4.53. The van der Waals surface area contributed by atoms with Crippen LogP contribution >= 0.6 is 0 Å². The molecule has 0 spiro atoms. The number of esters is 1. The highest BCUT2D eigenvalue weighted by Gasteiger charge is 2.20. The van der Waals surface area contributed by atoms with Crippen LogP contribution in [0.3, 0.4) is 0 Å². The van der Waals surface area contributed by atoms with Crippen molar-refractivity contribution in [3.63, 3.8) is 0 Å². The van der Waals surface area contributed by atoms with Gasteiger partial charge in [0.2, 0.25) is 0 Å². The summed E-state index contributed by atoms with van der Waals surface area (Å²) in [6.07, 6.45) is 1.59. The van der Waals surface area contributed by atoms with Crippen LogP contribution in [0.5, 0.6) is 0 Å². The number of hydrogen-bond donors (Lipinski definition) is 2. The molecule has 0 saturated carbocycles. The third kappa shape index (κ3) is 5.25. The number of aryl methyl sites for hydroxylation is 1. The van der Waals surface area contributed by atoms with E-state index < -0.39 is 18.5 Å². The monoisotopic (exact) mass is 485 g/mol. The molecule has 2 aromatic carbocycles. The van der Waals surface area contributed by atoms with Gasteiger partial charge in [-0.1, -0.05) is 35.9 Å². The zero-order valence-electron chi connectivity index (χ0n) is 20.5. The molecule has 0 atom stereocenters. The molecule has 0 aliphatic rings. The number of carbonyl (C=O) groups is 3. The van der Waals surface area contributed by atoms with E-state index in [4.69, 9.17) is 9.72 Å². The summed E-state index contributed by atoms with van der Waals surface area (Å²) in [5.74, 6) is -1.46. The van der Waals surface area contributed by atoms with Gasteiger partial charge in [0.05, 0.1) is 22.8 Å². The fourth-order valence-electron chi connectivity index (χ4n) is 3.73. The summed E-state index contributed by atoms with van der Waals surface area (Å²) in [6.45, 7) is 5.46. The third-order valence-corrected chi connectivity index (χ3v) is 5.59. The van der Waals surface area contributed by atoms with Gasteiger partial charge in [-0.15, -0.1) is 0 Å². The summed E-state index contributed by atoms with van der Waals surface area (Å²) in [5.41, 5.74) is 4.22. The lowest BCUT2D eigenvalue weighted by Gasteiger charge is -2.11. The van der Waals surface area contributed by atoms with Gasteiger partial charge < -0.3 is 15.4 Å². The van der Waals surface area contributed by atoms with Crippen molar-refractivity contribution in [1.29, 1.82) is 0 Å². The topological polar surface area (TPSA) is 115 Å². The van der Waals surface area contributed by atoms with Crippen molar-refractivity contribution < 1.29 is 19.1 Å². The Morgan fingerprint density at radius 1 is 1.06 bits per heavy atom. The van der Waals surface area contributed by atoms with Crippen molar-refractivity contribution in [2.75, 3.05) is 19.0 Å². The number of fused-ring (bicyclic) bond motifs is 1. The molecule has 0 bridgehead atoms. The molecular weight excluding hydrogens is 458 g/mol. The third-order valence-electron chi connectivity index (χ3n) is 5.59. The van der Waals surface area contributed by atoms with E-state index in [9.17, 15) is 14.4 Å². The number of nitrogens with one attached hydrogen (secondary N) is 2. The molecule has 4 aromatic rings. The molecule has 0 radical (unpaired) electrons. The lowest BCUT2D eigenvalue weighted by atomic mass is 10.1. The maximum atomic E-state index is 13.1. The van der Waals surface area contributed by atoms with Gasteiger partial charge in [0.15, 0.2) is 12.3 Å². The van der Waals surface area contributed by atoms with Crippen LogP contribution in [0.25, 0.3) is 22.3 Å². The summed E-state index contributed by atoms with van der Waals surface area (Å²) in [4.78, 5) is 42.1. The molecule has 0 aliphatic carbocycles. The average Bonchev–Trinajstić information content (AvgIpc) is 3.31. The molecule has 9 nitrogen and oxygen atoms in total. The Morgan fingerprint density at radius 3 is 2.50 bits per heavy atom. The van der Waals surface area contributed by atoms with Crippen LogP contribution in [0, 0.1) is 6.92 Å². The number of pyridine rings is 1. The standard InChI is InChI=1S/C27H27N5O4/c1-16(2)32-25-22(14-29-32)21(13-23(31-25)18-10-8-17(3)9-11-18)27(35)36-15-24(33)30-20-7-5-6-19(12-20)26(34)28-4/h5-14,16H,15H2,1-4H3,(H,28,34)(H,30,33). The van der Waals surface area contributed by atoms with Gasteiger partial charge in [-0.2, -0.15) is 5.10 Å². The minimum absolute atomic E-state index is 0.0310. The summed E-state index contributed by atoms with van der Waals surface area (Å²) in [5, 5.41) is 10.1. The van der Waals surface area contributed by atoms with Gasteiger partial charge in [0.25, 0.3) is 11.8 Å². The Balaban J connectivity index is 1.57. The molecule has 0 unspecified atom stereocenters. The second kappa shape index (κ2) is 10.4. The van der Waals surface area contributed by atoms with Crippen LogP contribution < -0.4 is 10.6 Å². The number of benzene rings is 2. The fourth-order valence-corrected chi connectivity index (χ4v) is 3.73. The number of nitrogens with zero attached hydrogens (tertiary/aromatic N) is 3. The fraction of sp³-hybridized carbons (Fsp3) is 0.222. The Bertz CT molecular complexity index is 1440. The van der Waals surface area contributed by atoms with Crippen LogP contribution in [0.4, 0.5) is 5.69 Å². The van der Waals surface area contributed by atoms with Crippen molar-refractivity contribution in [3.05, 3.63) is 77.5 Å². The van der Waals surface area contributed by atoms with Crippen LogP contribution in [-0.4, -0.2) is 46.2 Å². The minimum Gasteiger partial charge on any atom is -0.452 e. The maximum absolute atomic E-state index is 13.1. The van der Waals surface area contributed by atoms with E-state index in [1.165, 1.54) is 7.05 Å². The van der Waals surface area contributed by atoms with E-state index in [2.05, 4.69) is 15.7 Å². The number of rotatable bonds is 7. The normalized spacial score (nSPS) is 10.9. The summed E-state index contributed by atoms with van der Waals surface area (Å²) in [7, 11) is 1.53. The highest BCUT2D eigenvalue weighted by molar-refractivity contribution is 6.05. The molecule has 36 heavy (non-hydrogen) atoms. The van der Waals surface area contributed by atoms with Crippen molar-refractivity contribution in [1.82, 2.24) is 20.1 Å². The number of hydrogen-bond acceptors (Lipinski definition) is 6. The summed E-state index contributed by atoms with van der Waals surface area (Å²) in [6, 6.07) is 16.0. The van der Waals surface area contributed by atoms with E-state index in [0.717, 1.165) is 11.1 Å². The number of carbonyl (C=O) groups excluding carboxylic acids is 3. The van der Waals surface area contributed by atoms with Crippen LogP contribution in [0.1, 0.15) is 46.2 Å². The van der Waals surface area contributed by atoms with E-state index in [-0.39, 0.29) is 17.5 Å². The maximum Gasteiger partial charge on any atom is 0.339 e. The highest BCUT2D eigenvalue weighted by atomic mass is 16.5. The molecule has 4 rings (SSSR count). The molecule has 0 saturated heterocycles. The first kappa shape index (κ1) is 24.6. The highest BCUT2D eigenvalue weighted by Crippen LogP contribution is 2.27. The molecular formula is C27H27N5O4. The second-order valence-electron chi connectivity index (χ2n) is 8.63. The molecule has 2 heterocycles. The van der Waals surface area contributed by atoms with Gasteiger partial charge >= 0.3 is 5.97 Å². The quantitative estimate of drug-likeness (QED) is 0.380. The average molecular weight is 486 g/mol. The van der Waals surface area contributed by atoms with E-state index in [0.29, 0.717) is 28.0 Å². The molecule has 2 amide bonds. The van der Waals surface area contributed by atoms with E-state index in [1.807, 2.05) is 45.0 Å². The first-order chi connectivity index (χ1) is 17.3. The van der Waals surface area contributed by atoms with Gasteiger partial charge in [0.1, 0.15) is 0 Å². The van der Waals surface area contributed by atoms with Crippen LogP contribution in [0.2, 0.25) is 0 Å². The predicted molar refractivity (Wildman–Crippen MR) is 137 cm³/mol. The zero-order valence-corrected chi connectivity index (χ0v) is 20.5. The lowest BCUT2D eigenvalue weighted by Crippen LogP contribution is -2.22. The first-order valence-corrected chi connectivity index (χ1v) is 11.5. The van der Waals surface area contributed by atoms with E-state index in [1.54, 1.807) is 41.2 Å². The molecule has 2 N–H and O–H groups in total. The largest absolute Gasteiger partial charge is 0.452 e. The number of aromatic nitrogens is 3. The van der Waals surface area contributed by atoms with Crippen molar-refractivity contribution in [2.24, 2.45) is 0 Å². The Labute approximate surface area is 208 Å². The smallest absolute Gasteiger partial charge is 0.339 e. The molecule has 9 heteroatoms. The number of ether oxygens (including phenoxy) is 1. The number of amides is 2. The summed E-state index contributed by atoms with van der Waals surface area (Å²) < 4.78 is 7.10. The predicted octanol–water partition coefficient (Wildman–Crippen LogP) is 4.14. The van der Waals surface area contributed by atoms with E-state index >= 15 is 0 Å². The van der Waals surface area contributed by atoms with Gasteiger partial charge in [-0.3, -0.25) is 9.59 Å².